The topological polar surface area (TPSA) is 149 Å². The molecule has 6 N–H and O–H groups in total. The smallest absolute Gasteiger partial charge is 0.220 e. The summed E-state index contributed by atoms with van der Waals surface area (Å²) in [5.74, 6) is -0.136. The molecule has 1 saturated heterocycles. The Morgan fingerprint density at radius 1 is 0.389 bits per heavy atom. The molecule has 0 aromatic rings. The fourth-order valence-corrected chi connectivity index (χ4v) is 12.8. The molecule has 0 saturated carbocycles. The van der Waals surface area contributed by atoms with Gasteiger partial charge in [0, 0.05) is 6.42 Å². The molecule has 9 nitrogen and oxygen atoms in total. The van der Waals surface area contributed by atoms with Crippen LogP contribution in [0.25, 0.3) is 0 Å². The van der Waals surface area contributed by atoms with Gasteiger partial charge in [-0.15, -0.1) is 0 Å². The molecule has 0 bridgehead atoms. The van der Waals surface area contributed by atoms with Gasteiger partial charge in [0.25, 0.3) is 0 Å². The third-order valence-electron chi connectivity index (χ3n) is 18.9. The van der Waals surface area contributed by atoms with Gasteiger partial charge >= 0.3 is 0 Å². The Morgan fingerprint density at radius 3 is 1.02 bits per heavy atom. The van der Waals surface area contributed by atoms with Gasteiger partial charge in [0.2, 0.25) is 5.91 Å². The van der Waals surface area contributed by atoms with E-state index in [1.165, 1.54) is 295 Å². The Labute approximate surface area is 557 Å². The molecule has 1 heterocycles. The third-order valence-corrected chi connectivity index (χ3v) is 18.9. The molecule has 1 amide bonds. The highest BCUT2D eigenvalue weighted by molar-refractivity contribution is 5.76. The first-order valence-electron chi connectivity index (χ1n) is 39.5. The lowest BCUT2D eigenvalue weighted by Crippen LogP contribution is -2.60. The van der Waals surface area contributed by atoms with Crippen molar-refractivity contribution in [2.75, 3.05) is 13.2 Å². The number of aliphatic hydroxyl groups excluding tert-OH is 5. The number of ether oxygens (including phenoxy) is 2. The van der Waals surface area contributed by atoms with Gasteiger partial charge < -0.3 is 40.3 Å². The zero-order chi connectivity index (χ0) is 64.9. The minimum atomic E-state index is -1.55. The molecule has 528 valence electrons. The summed E-state index contributed by atoms with van der Waals surface area (Å²) in [5, 5.41) is 55.1. The molecule has 1 fully saturated rings. The van der Waals surface area contributed by atoms with Crippen LogP contribution >= 0.6 is 0 Å². The van der Waals surface area contributed by atoms with Crippen molar-refractivity contribution < 1.29 is 39.8 Å². The Morgan fingerprint density at radius 2 is 0.689 bits per heavy atom. The van der Waals surface area contributed by atoms with Gasteiger partial charge in [0.15, 0.2) is 6.29 Å². The first kappa shape index (κ1) is 85.9. The molecule has 9 heteroatoms. The molecular formula is C81H151NO8. The number of allylic oxidation sites excluding steroid dienone is 10. The van der Waals surface area contributed by atoms with E-state index in [1.54, 1.807) is 0 Å². The van der Waals surface area contributed by atoms with Crippen molar-refractivity contribution in [3.05, 3.63) is 60.8 Å². The molecule has 7 atom stereocenters. The van der Waals surface area contributed by atoms with Crippen LogP contribution in [-0.4, -0.2) is 87.5 Å². The SMILES string of the molecule is CC/C=C\C/C=C\C/C=C\C/C=C\C/C=C\CCCCCCCCCCCCCCCCCCCCCCCC(=O)NC(COC1OC(CO)C(O)C(O)C1O)C(O)CCCCCCCCCCCCCCCCCCCCCCCCCCCCCCCC. The summed E-state index contributed by atoms with van der Waals surface area (Å²) in [6.45, 7) is 3.78. The minimum absolute atomic E-state index is 0.134. The highest BCUT2D eigenvalue weighted by atomic mass is 16.7. The second-order valence-electron chi connectivity index (χ2n) is 27.5. The number of aliphatic hydroxyl groups is 5. The van der Waals surface area contributed by atoms with Crippen LogP contribution in [0.2, 0.25) is 0 Å². The Balaban J connectivity index is 2.05. The van der Waals surface area contributed by atoms with Crippen molar-refractivity contribution in [2.24, 2.45) is 0 Å². The molecule has 90 heavy (non-hydrogen) atoms. The van der Waals surface area contributed by atoms with Gasteiger partial charge in [0.1, 0.15) is 24.4 Å². The Bertz CT molecular complexity index is 1610. The first-order valence-corrected chi connectivity index (χ1v) is 39.5. The van der Waals surface area contributed by atoms with E-state index in [4.69, 9.17) is 9.47 Å². The van der Waals surface area contributed by atoms with Crippen molar-refractivity contribution in [3.63, 3.8) is 0 Å². The van der Waals surface area contributed by atoms with Crippen LogP contribution in [0, 0.1) is 0 Å². The lowest BCUT2D eigenvalue weighted by atomic mass is 9.99. The molecule has 0 aromatic carbocycles. The van der Waals surface area contributed by atoms with Gasteiger partial charge in [-0.05, 0) is 57.8 Å². The van der Waals surface area contributed by atoms with Crippen molar-refractivity contribution in [3.8, 4) is 0 Å². The van der Waals surface area contributed by atoms with E-state index < -0.39 is 49.5 Å². The molecule has 0 aromatic heterocycles. The van der Waals surface area contributed by atoms with Crippen LogP contribution in [0.3, 0.4) is 0 Å². The van der Waals surface area contributed by atoms with E-state index in [9.17, 15) is 30.3 Å². The fourth-order valence-electron chi connectivity index (χ4n) is 12.8. The summed E-state index contributed by atoms with van der Waals surface area (Å²) < 4.78 is 11.4. The number of hydrogen-bond donors (Lipinski definition) is 6. The van der Waals surface area contributed by atoms with Crippen LogP contribution in [0.5, 0.6) is 0 Å². The number of nitrogens with one attached hydrogen (secondary N) is 1. The molecule has 0 radical (unpaired) electrons. The van der Waals surface area contributed by atoms with Gasteiger partial charge in [0.05, 0.1) is 25.4 Å². The normalized spacial score (nSPS) is 18.1. The van der Waals surface area contributed by atoms with Crippen molar-refractivity contribution in [1.82, 2.24) is 5.32 Å². The van der Waals surface area contributed by atoms with Crippen LogP contribution < -0.4 is 5.32 Å². The highest BCUT2D eigenvalue weighted by Crippen LogP contribution is 2.24. The molecule has 0 aliphatic carbocycles. The average Bonchev–Trinajstić information content (AvgIpc) is 1.28. The third kappa shape index (κ3) is 57.3. The van der Waals surface area contributed by atoms with Crippen LogP contribution in [0.1, 0.15) is 393 Å². The molecule has 0 spiro atoms. The van der Waals surface area contributed by atoms with Gasteiger partial charge in [-0.3, -0.25) is 4.79 Å². The molecule has 1 rings (SSSR count). The van der Waals surface area contributed by atoms with Crippen LogP contribution in [0.4, 0.5) is 0 Å². The molecule has 1 aliphatic heterocycles. The van der Waals surface area contributed by atoms with Crippen molar-refractivity contribution >= 4 is 5.91 Å². The first-order chi connectivity index (χ1) is 44.3. The van der Waals surface area contributed by atoms with Crippen LogP contribution in [0.15, 0.2) is 60.8 Å². The largest absolute Gasteiger partial charge is 0.394 e. The number of hydrogen-bond acceptors (Lipinski definition) is 8. The molecular weight excluding hydrogens is 1110 g/mol. The summed E-state index contributed by atoms with van der Waals surface area (Å²) in [4.78, 5) is 13.2. The number of rotatable bonds is 70. The van der Waals surface area contributed by atoms with E-state index in [0.29, 0.717) is 12.8 Å². The highest BCUT2D eigenvalue weighted by Gasteiger charge is 2.44. The second-order valence-corrected chi connectivity index (χ2v) is 27.5. The monoisotopic (exact) mass is 1270 g/mol. The van der Waals surface area contributed by atoms with E-state index in [0.717, 1.165) is 70.6 Å². The molecule has 1 aliphatic rings. The minimum Gasteiger partial charge on any atom is -0.394 e. The predicted molar refractivity (Wildman–Crippen MR) is 387 cm³/mol. The van der Waals surface area contributed by atoms with Gasteiger partial charge in [-0.1, -0.05) is 389 Å². The summed E-state index contributed by atoms with van der Waals surface area (Å²) in [5.41, 5.74) is 0. The zero-order valence-electron chi connectivity index (χ0n) is 59.4. The van der Waals surface area contributed by atoms with E-state index in [2.05, 4.69) is 79.9 Å². The van der Waals surface area contributed by atoms with Crippen molar-refractivity contribution in [2.45, 2.75) is 436 Å². The lowest BCUT2D eigenvalue weighted by Gasteiger charge is -2.40. The molecule has 7 unspecified atom stereocenters. The average molecular weight is 1270 g/mol. The van der Waals surface area contributed by atoms with Gasteiger partial charge in [-0.2, -0.15) is 0 Å². The summed E-state index contributed by atoms with van der Waals surface area (Å²) in [7, 11) is 0. The van der Waals surface area contributed by atoms with Crippen molar-refractivity contribution in [1.29, 1.82) is 0 Å². The maximum absolute atomic E-state index is 13.2. The summed E-state index contributed by atoms with van der Waals surface area (Å²) in [6.07, 6.45) is 90.4. The summed E-state index contributed by atoms with van der Waals surface area (Å²) >= 11 is 0. The van der Waals surface area contributed by atoms with E-state index in [-0.39, 0.29) is 12.5 Å². The Hall–Kier alpha value is -2.11. The quantitative estimate of drug-likeness (QED) is 0.0261. The second kappa shape index (κ2) is 69.7. The summed E-state index contributed by atoms with van der Waals surface area (Å²) in [6, 6.07) is -0.721. The maximum atomic E-state index is 13.2. The number of carbonyl (C=O) groups excluding carboxylic acids is 1. The van der Waals surface area contributed by atoms with Gasteiger partial charge in [-0.25, -0.2) is 0 Å². The fraction of sp³-hybridized carbons (Fsp3) is 0.864. The van der Waals surface area contributed by atoms with E-state index >= 15 is 0 Å². The standard InChI is InChI=1S/C81H151NO8/c1-3-5-7-9-11-13-15-17-19-21-23-25-27-29-31-33-35-36-37-38-39-40-41-43-45-47-49-51-53-55-57-59-61-63-65-67-69-71-77(85)82-74(73-89-81-80(88)79(87)78(86)76(72-83)90-81)75(84)70-68-66-64-62-60-58-56-54-52-50-48-46-44-42-34-32-30-28-26-24-22-20-18-16-14-12-10-8-6-4-2/h5,7,11,13,17,19,23,25,29,31,74-76,78-81,83-84,86-88H,3-4,6,8-10,12,14-16,18,20-22,24,26-28,30,32-73H2,1-2H3,(H,82,85)/b7-5-,13-11-,19-17-,25-23-,31-29-. The number of carbonyl (C=O) groups is 1. The Kier molecular flexibility index (Phi) is 66.5. The number of unbranched alkanes of at least 4 members (excludes halogenated alkanes) is 50. The zero-order valence-corrected chi connectivity index (χ0v) is 59.4. The lowest BCUT2D eigenvalue weighted by molar-refractivity contribution is -0.302. The predicted octanol–water partition coefficient (Wildman–Crippen LogP) is 22.5. The maximum Gasteiger partial charge on any atom is 0.220 e. The van der Waals surface area contributed by atoms with E-state index in [1.807, 2.05) is 0 Å². The van der Waals surface area contributed by atoms with Crippen LogP contribution in [-0.2, 0) is 14.3 Å². The number of amides is 1.